The number of thioether (sulfide) groups is 1. The summed E-state index contributed by atoms with van der Waals surface area (Å²) in [5.41, 5.74) is 6.54. The Morgan fingerprint density at radius 2 is 2.04 bits per heavy atom. The number of rotatable bonds is 5. The molecule has 0 saturated carbocycles. The number of hydrogen-bond donors (Lipinski definition) is 2. The number of hydrogen-bond acceptors (Lipinski definition) is 5. The number of pyridine rings is 1. The standard InChI is InChI=1S/C17H17N3O3S/c18-15(21)11-3-5-12(6-4-11)20-16(22)14-2-1-8-19-17(14)23-13-7-9-24-10-13/h1-6,8,13H,7,9-10H2,(H2,18,21)(H,20,22). The number of benzene rings is 1. The zero-order chi connectivity index (χ0) is 16.9. The Bertz CT molecular complexity index is 743. The SMILES string of the molecule is NC(=O)c1ccc(NC(=O)c2cccnc2OC2CCSC2)cc1. The van der Waals surface area contributed by atoms with E-state index in [1.807, 2.05) is 11.8 Å². The summed E-state index contributed by atoms with van der Waals surface area (Å²) in [6, 6.07) is 9.76. The van der Waals surface area contributed by atoms with Gasteiger partial charge in [0.05, 0.1) is 0 Å². The molecule has 1 aliphatic heterocycles. The third kappa shape index (κ3) is 3.86. The largest absolute Gasteiger partial charge is 0.473 e. The summed E-state index contributed by atoms with van der Waals surface area (Å²) in [5.74, 6) is 1.49. The quantitative estimate of drug-likeness (QED) is 0.869. The third-order valence-electron chi connectivity index (χ3n) is 3.61. The Balaban J connectivity index is 1.73. The third-order valence-corrected chi connectivity index (χ3v) is 4.74. The molecule has 1 aromatic carbocycles. The van der Waals surface area contributed by atoms with Crippen molar-refractivity contribution in [2.75, 3.05) is 16.8 Å². The summed E-state index contributed by atoms with van der Waals surface area (Å²) in [6.07, 6.45) is 2.65. The van der Waals surface area contributed by atoms with Gasteiger partial charge in [0.2, 0.25) is 11.8 Å². The van der Waals surface area contributed by atoms with Crippen LogP contribution in [0.1, 0.15) is 27.1 Å². The van der Waals surface area contributed by atoms with Crippen LogP contribution in [-0.4, -0.2) is 34.4 Å². The molecule has 7 heteroatoms. The van der Waals surface area contributed by atoms with Gasteiger partial charge in [-0.25, -0.2) is 4.98 Å². The Kier molecular flexibility index (Phi) is 5.00. The van der Waals surface area contributed by atoms with Gasteiger partial charge in [-0.2, -0.15) is 11.8 Å². The van der Waals surface area contributed by atoms with Crippen LogP contribution >= 0.6 is 11.8 Å². The molecule has 1 saturated heterocycles. The Hall–Kier alpha value is -2.54. The number of nitrogens with one attached hydrogen (secondary N) is 1. The van der Waals surface area contributed by atoms with Crippen LogP contribution in [0, 0.1) is 0 Å². The summed E-state index contributed by atoms with van der Waals surface area (Å²) >= 11 is 1.83. The second-order valence-electron chi connectivity index (χ2n) is 5.36. The lowest BCUT2D eigenvalue weighted by molar-refractivity contribution is 0.0997. The van der Waals surface area contributed by atoms with E-state index in [-0.39, 0.29) is 12.0 Å². The lowest BCUT2D eigenvalue weighted by Crippen LogP contribution is -2.20. The van der Waals surface area contributed by atoms with Crippen molar-refractivity contribution in [2.24, 2.45) is 5.73 Å². The van der Waals surface area contributed by atoms with Crippen molar-refractivity contribution in [1.82, 2.24) is 4.98 Å². The van der Waals surface area contributed by atoms with E-state index in [1.165, 1.54) is 0 Å². The van der Waals surface area contributed by atoms with Gasteiger partial charge in [-0.05, 0) is 48.6 Å². The lowest BCUT2D eigenvalue weighted by atomic mass is 10.2. The topological polar surface area (TPSA) is 94.3 Å². The first-order valence-corrected chi connectivity index (χ1v) is 8.69. The molecule has 0 bridgehead atoms. The number of amides is 2. The highest BCUT2D eigenvalue weighted by molar-refractivity contribution is 7.99. The van der Waals surface area contributed by atoms with Crippen LogP contribution in [0.15, 0.2) is 42.6 Å². The number of anilines is 1. The van der Waals surface area contributed by atoms with Crippen molar-refractivity contribution < 1.29 is 14.3 Å². The van der Waals surface area contributed by atoms with E-state index in [2.05, 4.69) is 10.3 Å². The number of ether oxygens (including phenoxy) is 1. The monoisotopic (exact) mass is 343 g/mol. The first-order valence-electron chi connectivity index (χ1n) is 7.54. The van der Waals surface area contributed by atoms with Gasteiger partial charge in [0.15, 0.2) is 0 Å². The molecule has 0 radical (unpaired) electrons. The molecule has 1 fully saturated rings. The highest BCUT2D eigenvalue weighted by atomic mass is 32.2. The van der Waals surface area contributed by atoms with Crippen LogP contribution in [0.2, 0.25) is 0 Å². The Morgan fingerprint density at radius 1 is 1.25 bits per heavy atom. The van der Waals surface area contributed by atoms with E-state index in [4.69, 9.17) is 10.5 Å². The minimum atomic E-state index is -0.509. The van der Waals surface area contributed by atoms with Crippen molar-refractivity contribution in [3.8, 4) is 5.88 Å². The Morgan fingerprint density at radius 3 is 2.71 bits per heavy atom. The fourth-order valence-corrected chi connectivity index (χ4v) is 3.43. The van der Waals surface area contributed by atoms with Crippen molar-refractivity contribution in [3.05, 3.63) is 53.7 Å². The number of nitrogens with zero attached hydrogens (tertiary/aromatic N) is 1. The number of nitrogens with two attached hydrogens (primary N) is 1. The maximum atomic E-state index is 12.5. The molecule has 1 aromatic heterocycles. The summed E-state index contributed by atoms with van der Waals surface area (Å²) in [6.45, 7) is 0. The van der Waals surface area contributed by atoms with Crippen LogP contribution in [0.3, 0.4) is 0 Å². The van der Waals surface area contributed by atoms with E-state index >= 15 is 0 Å². The minimum absolute atomic E-state index is 0.0892. The maximum Gasteiger partial charge on any atom is 0.261 e. The molecule has 2 aromatic rings. The zero-order valence-corrected chi connectivity index (χ0v) is 13.7. The maximum absolute atomic E-state index is 12.5. The molecule has 124 valence electrons. The fourth-order valence-electron chi connectivity index (χ4n) is 2.34. The fraction of sp³-hybridized carbons (Fsp3) is 0.235. The molecular formula is C17H17N3O3S. The molecule has 24 heavy (non-hydrogen) atoms. The van der Waals surface area contributed by atoms with Crippen molar-refractivity contribution >= 4 is 29.3 Å². The number of aromatic nitrogens is 1. The lowest BCUT2D eigenvalue weighted by Gasteiger charge is -2.14. The smallest absolute Gasteiger partial charge is 0.261 e. The summed E-state index contributed by atoms with van der Waals surface area (Å²) in [7, 11) is 0. The van der Waals surface area contributed by atoms with E-state index in [0.717, 1.165) is 17.9 Å². The minimum Gasteiger partial charge on any atom is -0.473 e. The van der Waals surface area contributed by atoms with E-state index in [1.54, 1.807) is 42.6 Å². The summed E-state index contributed by atoms with van der Waals surface area (Å²) in [5, 5.41) is 2.77. The molecule has 3 rings (SSSR count). The van der Waals surface area contributed by atoms with E-state index in [0.29, 0.717) is 22.7 Å². The predicted molar refractivity (Wildman–Crippen MR) is 93.5 cm³/mol. The molecule has 2 amide bonds. The average Bonchev–Trinajstić information content (AvgIpc) is 3.09. The van der Waals surface area contributed by atoms with Crippen LogP contribution in [0.5, 0.6) is 5.88 Å². The van der Waals surface area contributed by atoms with Gasteiger partial charge in [-0.1, -0.05) is 0 Å². The molecule has 3 N–H and O–H groups in total. The molecule has 1 aliphatic rings. The Labute approximate surface area is 143 Å². The first kappa shape index (κ1) is 16.3. The van der Waals surface area contributed by atoms with Crippen LogP contribution in [0.4, 0.5) is 5.69 Å². The normalized spacial score (nSPS) is 16.6. The van der Waals surface area contributed by atoms with Gasteiger partial charge in [-0.15, -0.1) is 0 Å². The molecule has 1 unspecified atom stereocenters. The van der Waals surface area contributed by atoms with Crippen molar-refractivity contribution in [2.45, 2.75) is 12.5 Å². The molecule has 1 atom stereocenters. The molecule has 2 heterocycles. The van der Waals surface area contributed by atoms with Crippen LogP contribution in [-0.2, 0) is 0 Å². The first-order chi connectivity index (χ1) is 11.6. The molecule has 6 nitrogen and oxygen atoms in total. The van der Waals surface area contributed by atoms with Gasteiger partial charge < -0.3 is 15.8 Å². The second-order valence-corrected chi connectivity index (χ2v) is 6.51. The average molecular weight is 343 g/mol. The zero-order valence-electron chi connectivity index (χ0n) is 12.9. The summed E-state index contributed by atoms with van der Waals surface area (Å²) in [4.78, 5) is 27.8. The van der Waals surface area contributed by atoms with Gasteiger partial charge in [-0.3, -0.25) is 9.59 Å². The van der Waals surface area contributed by atoms with E-state index in [9.17, 15) is 9.59 Å². The summed E-state index contributed by atoms with van der Waals surface area (Å²) < 4.78 is 5.86. The molecular weight excluding hydrogens is 326 g/mol. The number of carbonyl (C=O) groups is 2. The second kappa shape index (κ2) is 7.35. The number of primary amides is 1. The van der Waals surface area contributed by atoms with Crippen LogP contribution in [0.25, 0.3) is 0 Å². The van der Waals surface area contributed by atoms with Gasteiger partial charge in [0, 0.05) is 23.2 Å². The van der Waals surface area contributed by atoms with Crippen molar-refractivity contribution in [3.63, 3.8) is 0 Å². The van der Waals surface area contributed by atoms with Gasteiger partial charge in [0.25, 0.3) is 5.91 Å². The van der Waals surface area contributed by atoms with Crippen molar-refractivity contribution in [1.29, 1.82) is 0 Å². The number of carbonyl (C=O) groups excluding carboxylic acids is 2. The van der Waals surface area contributed by atoms with Crippen LogP contribution < -0.4 is 15.8 Å². The van der Waals surface area contributed by atoms with Gasteiger partial charge in [0.1, 0.15) is 11.7 Å². The predicted octanol–water partition coefficient (Wildman–Crippen LogP) is 2.32. The molecule has 0 spiro atoms. The van der Waals surface area contributed by atoms with Gasteiger partial charge >= 0.3 is 0 Å². The highest BCUT2D eigenvalue weighted by Gasteiger charge is 2.21. The van der Waals surface area contributed by atoms with E-state index < -0.39 is 5.91 Å². The highest BCUT2D eigenvalue weighted by Crippen LogP contribution is 2.24. The molecule has 0 aliphatic carbocycles.